The van der Waals surface area contributed by atoms with Gasteiger partial charge in [0, 0.05) is 0 Å². The van der Waals surface area contributed by atoms with Crippen LogP contribution >= 0.6 is 0 Å². The second kappa shape index (κ2) is 2.08. The second-order valence-corrected chi connectivity index (χ2v) is 1.29. The third-order valence-corrected chi connectivity index (χ3v) is 0.752. The smallest absolute Gasteiger partial charge is 0.157 e. The monoisotopic (exact) mass is 105 g/mol. The molecule has 0 aliphatic carbocycles. The predicted octanol–water partition coefficient (Wildman–Crippen LogP) is 0.125. The van der Waals surface area contributed by atoms with E-state index in [9.17, 15) is 0 Å². The van der Waals surface area contributed by atoms with Gasteiger partial charge >= 0.3 is 6.33 Å². The molecule has 0 unspecified atom stereocenters. The molecule has 38 valence electrons. The number of hydrogen-bond acceptors (Lipinski definition) is 1. The van der Waals surface area contributed by atoms with Gasteiger partial charge in [-0.3, -0.25) is 0 Å². The van der Waals surface area contributed by atoms with Gasteiger partial charge in [0.2, 0.25) is 0 Å². The summed E-state index contributed by atoms with van der Waals surface area (Å²) in [6.07, 6.45) is 7.43. The SMILES string of the molecule is C=Cc1c#[n+]cnc1. The number of nitrogens with zero attached hydrogens (tertiary/aromatic N) is 2. The maximum Gasteiger partial charge on any atom is 0.390 e. The zero-order chi connectivity index (χ0) is 5.82. The molecule has 0 atom stereocenters. The maximum atomic E-state index is 3.74. The van der Waals surface area contributed by atoms with E-state index in [1.807, 2.05) is 0 Å². The first-order valence-corrected chi connectivity index (χ1v) is 2.23. The van der Waals surface area contributed by atoms with Crippen molar-refractivity contribution in [3.63, 3.8) is 0 Å². The second-order valence-electron chi connectivity index (χ2n) is 1.29. The fourth-order valence-corrected chi connectivity index (χ4v) is 0.378. The zero-order valence-corrected chi connectivity index (χ0v) is 4.33. The van der Waals surface area contributed by atoms with Crippen molar-refractivity contribution in [3.05, 3.63) is 30.9 Å². The van der Waals surface area contributed by atoms with Crippen LogP contribution in [0.25, 0.3) is 6.08 Å². The first-order valence-electron chi connectivity index (χ1n) is 2.23. The Kier molecular flexibility index (Phi) is 1.25. The molecule has 1 aromatic heterocycles. The van der Waals surface area contributed by atoms with E-state index in [0.717, 1.165) is 5.56 Å². The molecule has 0 fully saturated rings. The lowest BCUT2D eigenvalue weighted by Gasteiger charge is -1.67. The van der Waals surface area contributed by atoms with E-state index in [-0.39, 0.29) is 0 Å². The van der Waals surface area contributed by atoms with E-state index >= 15 is 0 Å². The van der Waals surface area contributed by atoms with Gasteiger partial charge in [0.1, 0.15) is 5.56 Å². The summed E-state index contributed by atoms with van der Waals surface area (Å²) in [5.41, 5.74) is 0.826. The van der Waals surface area contributed by atoms with Gasteiger partial charge in [-0.15, -0.1) is 0 Å². The molecule has 0 saturated carbocycles. The third-order valence-electron chi connectivity index (χ3n) is 0.752. The Morgan fingerprint density at radius 1 is 1.88 bits per heavy atom. The molecule has 0 N–H and O–H groups in total. The molecule has 0 saturated heterocycles. The molecule has 0 amide bonds. The molecule has 0 aliphatic rings. The maximum absolute atomic E-state index is 3.74. The van der Waals surface area contributed by atoms with Crippen molar-refractivity contribution in [3.8, 4) is 0 Å². The summed E-state index contributed by atoms with van der Waals surface area (Å²) >= 11 is 0. The standard InChI is InChI=1S/C6H5N2/c1-2-6-3-7-5-8-4-6/h2-3,5H,1H2/q+1. The van der Waals surface area contributed by atoms with Crippen LogP contribution in [-0.2, 0) is 0 Å². The Hall–Kier alpha value is -1.36. The minimum atomic E-state index is 0.826. The van der Waals surface area contributed by atoms with Crippen LogP contribution in [0.2, 0.25) is 0 Å². The van der Waals surface area contributed by atoms with Crippen LogP contribution in [0.1, 0.15) is 5.56 Å². The lowest BCUT2D eigenvalue weighted by atomic mass is 10.4. The highest BCUT2D eigenvalue weighted by molar-refractivity contribution is 5.40. The number of hydrogen-bond donors (Lipinski definition) is 0. The lowest BCUT2D eigenvalue weighted by Crippen LogP contribution is -1.89. The summed E-state index contributed by atoms with van der Waals surface area (Å²) in [4.78, 5) is 7.39. The Morgan fingerprint density at radius 2 is 2.75 bits per heavy atom. The average molecular weight is 105 g/mol. The normalized spacial score (nSPS) is 7.50. The van der Waals surface area contributed by atoms with E-state index < -0.39 is 0 Å². The molecule has 1 rings (SSSR count). The topological polar surface area (TPSA) is 27.0 Å². The zero-order valence-electron chi connectivity index (χ0n) is 4.33. The van der Waals surface area contributed by atoms with Crippen LogP contribution < -0.4 is 4.98 Å². The minimum absolute atomic E-state index is 0.826. The lowest BCUT2D eigenvalue weighted by molar-refractivity contribution is -0.299. The third kappa shape index (κ3) is 0.824. The van der Waals surface area contributed by atoms with Gasteiger partial charge in [0.05, 0.1) is 0 Å². The van der Waals surface area contributed by atoms with Crippen molar-refractivity contribution < 1.29 is 4.98 Å². The minimum Gasteiger partial charge on any atom is -0.157 e. The summed E-state index contributed by atoms with van der Waals surface area (Å²) in [6.45, 7) is 3.52. The summed E-state index contributed by atoms with van der Waals surface area (Å²) < 4.78 is 0. The van der Waals surface area contributed by atoms with E-state index in [2.05, 4.69) is 22.7 Å². The van der Waals surface area contributed by atoms with Crippen LogP contribution in [-0.4, -0.2) is 4.98 Å². The van der Waals surface area contributed by atoms with Crippen LogP contribution in [0.5, 0.6) is 0 Å². The Balaban J connectivity index is 2.99. The highest BCUT2D eigenvalue weighted by Gasteiger charge is 1.86. The van der Waals surface area contributed by atoms with Crippen molar-refractivity contribution in [2.45, 2.75) is 0 Å². The highest BCUT2D eigenvalue weighted by Crippen LogP contribution is 1.86. The van der Waals surface area contributed by atoms with Gasteiger partial charge in [0.25, 0.3) is 0 Å². The molecule has 0 spiro atoms. The first-order chi connectivity index (χ1) is 3.93. The van der Waals surface area contributed by atoms with Gasteiger partial charge < -0.3 is 0 Å². The Labute approximate surface area is 47.9 Å². The van der Waals surface area contributed by atoms with E-state index in [0.29, 0.717) is 0 Å². The van der Waals surface area contributed by atoms with Crippen molar-refractivity contribution in [1.82, 2.24) is 4.98 Å². The van der Waals surface area contributed by atoms with Crippen LogP contribution in [0.15, 0.2) is 19.1 Å². The van der Waals surface area contributed by atoms with E-state index in [4.69, 9.17) is 0 Å². The summed E-state index contributed by atoms with van der Waals surface area (Å²) in [5.74, 6) is 0. The predicted molar refractivity (Wildman–Crippen MR) is 28.8 cm³/mol. The van der Waals surface area contributed by atoms with Gasteiger partial charge in [-0.2, -0.15) is 4.98 Å². The largest absolute Gasteiger partial charge is 0.390 e. The fourth-order valence-electron chi connectivity index (χ4n) is 0.378. The van der Waals surface area contributed by atoms with Gasteiger partial charge in [0.15, 0.2) is 12.4 Å². The number of aromatic nitrogens is 2. The van der Waals surface area contributed by atoms with Crippen molar-refractivity contribution >= 4 is 6.08 Å². The highest BCUT2D eigenvalue weighted by atomic mass is 14.7. The molecule has 8 heavy (non-hydrogen) atoms. The Bertz CT molecular complexity index is 169. The van der Waals surface area contributed by atoms with Gasteiger partial charge in [-0.05, 0) is 11.1 Å². The van der Waals surface area contributed by atoms with Crippen LogP contribution in [0, 0.1) is 6.20 Å². The molecular weight excluding hydrogens is 100 g/mol. The van der Waals surface area contributed by atoms with E-state index in [1.165, 1.54) is 6.33 Å². The van der Waals surface area contributed by atoms with Gasteiger partial charge in [-0.1, -0.05) is 6.58 Å². The van der Waals surface area contributed by atoms with Crippen molar-refractivity contribution in [1.29, 1.82) is 0 Å². The molecule has 0 aliphatic heterocycles. The van der Waals surface area contributed by atoms with Crippen molar-refractivity contribution in [2.24, 2.45) is 0 Å². The quantitative estimate of drug-likeness (QED) is 0.507. The molecule has 0 bridgehead atoms. The van der Waals surface area contributed by atoms with Crippen LogP contribution in [0.3, 0.4) is 0 Å². The fraction of sp³-hybridized carbons (Fsp3) is 0. The molecule has 1 aromatic rings. The summed E-state index contributed by atoms with van der Waals surface area (Å²) in [7, 11) is 0. The summed E-state index contributed by atoms with van der Waals surface area (Å²) in [6, 6.07) is 0. The van der Waals surface area contributed by atoms with Gasteiger partial charge in [-0.25, -0.2) is 0 Å². The molecular formula is C6H5N2+. The van der Waals surface area contributed by atoms with Crippen LogP contribution in [0.4, 0.5) is 0 Å². The first kappa shape index (κ1) is 4.79. The van der Waals surface area contributed by atoms with Crippen molar-refractivity contribution in [2.75, 3.05) is 0 Å². The molecule has 2 nitrogen and oxygen atoms in total. The number of rotatable bonds is 1. The van der Waals surface area contributed by atoms with E-state index in [1.54, 1.807) is 12.3 Å². The molecule has 0 radical (unpaired) electrons. The average Bonchev–Trinajstić information content (AvgIpc) is 1.90. The Morgan fingerprint density at radius 3 is 3.12 bits per heavy atom. The molecule has 0 aromatic carbocycles. The molecule has 2 heteroatoms. The molecule has 1 heterocycles. The summed E-state index contributed by atoms with van der Waals surface area (Å²) in [5, 5.41) is 0.